The Kier molecular flexibility index (Phi) is 3.32. The molecular formula is C13H16N4O4S. The highest BCUT2D eigenvalue weighted by molar-refractivity contribution is 7.91. The first kappa shape index (κ1) is 14.8. The first-order valence-electron chi connectivity index (χ1n) is 6.92. The minimum atomic E-state index is -3.70. The Labute approximate surface area is 127 Å². The van der Waals surface area contributed by atoms with Gasteiger partial charge in [-0.25, -0.2) is 18.2 Å². The van der Waals surface area contributed by atoms with Crippen molar-refractivity contribution in [2.45, 2.75) is 30.8 Å². The van der Waals surface area contributed by atoms with Gasteiger partial charge in [0.05, 0.1) is 23.6 Å². The van der Waals surface area contributed by atoms with Crippen LogP contribution in [-0.4, -0.2) is 44.6 Å². The molecule has 0 aliphatic heterocycles. The fourth-order valence-corrected chi connectivity index (χ4v) is 3.57. The minimum absolute atomic E-state index is 0.187. The summed E-state index contributed by atoms with van der Waals surface area (Å²) in [5.41, 5.74) is 0.160. The molecule has 2 heterocycles. The molecule has 1 N–H and O–H groups in total. The minimum Gasteiger partial charge on any atom is -0.476 e. The Bertz CT molecular complexity index is 846. The van der Waals surface area contributed by atoms with Crippen molar-refractivity contribution in [2.75, 3.05) is 5.75 Å². The zero-order valence-electron chi connectivity index (χ0n) is 12.2. The number of aromatic carboxylic acids is 1. The molecule has 2 aromatic heterocycles. The summed E-state index contributed by atoms with van der Waals surface area (Å²) in [5.74, 6) is -1.26. The maximum Gasteiger partial charge on any atom is 0.357 e. The van der Waals surface area contributed by atoms with Crippen molar-refractivity contribution < 1.29 is 18.3 Å². The monoisotopic (exact) mass is 324 g/mol. The van der Waals surface area contributed by atoms with E-state index in [0.717, 1.165) is 12.8 Å². The average molecular weight is 324 g/mol. The molecule has 1 fully saturated rings. The molecule has 0 bridgehead atoms. The van der Waals surface area contributed by atoms with Gasteiger partial charge < -0.3 is 9.67 Å². The van der Waals surface area contributed by atoms with E-state index in [1.165, 1.54) is 18.5 Å². The lowest BCUT2D eigenvalue weighted by molar-refractivity contribution is 0.0686. The smallest absolute Gasteiger partial charge is 0.357 e. The van der Waals surface area contributed by atoms with E-state index in [1.807, 2.05) is 0 Å². The maximum absolute atomic E-state index is 12.2. The molecule has 118 valence electrons. The van der Waals surface area contributed by atoms with Crippen LogP contribution in [-0.2, 0) is 16.9 Å². The van der Waals surface area contributed by atoms with Crippen LogP contribution in [0.3, 0.4) is 0 Å². The van der Waals surface area contributed by atoms with Crippen LogP contribution in [0.2, 0.25) is 0 Å². The molecule has 3 rings (SSSR count). The normalized spacial score (nSPS) is 15.2. The lowest BCUT2D eigenvalue weighted by Crippen LogP contribution is -2.14. The molecule has 0 amide bonds. The Morgan fingerprint density at radius 2 is 2.14 bits per heavy atom. The number of sulfone groups is 1. The molecule has 1 aliphatic carbocycles. The van der Waals surface area contributed by atoms with Gasteiger partial charge in [-0.05, 0) is 12.8 Å². The maximum atomic E-state index is 12.2. The summed E-state index contributed by atoms with van der Waals surface area (Å²) < 4.78 is 27.5. The average Bonchev–Trinajstić information content (AvgIpc) is 3.08. The van der Waals surface area contributed by atoms with Crippen molar-refractivity contribution in [1.82, 2.24) is 19.3 Å². The van der Waals surface area contributed by atoms with E-state index < -0.39 is 21.5 Å². The highest BCUT2D eigenvalue weighted by Crippen LogP contribution is 2.35. The van der Waals surface area contributed by atoms with Crippen molar-refractivity contribution >= 4 is 15.8 Å². The summed E-state index contributed by atoms with van der Waals surface area (Å²) >= 11 is 0. The van der Waals surface area contributed by atoms with Gasteiger partial charge in [-0.15, -0.1) is 0 Å². The molecule has 0 radical (unpaired) electrons. The van der Waals surface area contributed by atoms with Crippen LogP contribution >= 0.6 is 0 Å². The third kappa shape index (κ3) is 2.31. The summed E-state index contributed by atoms with van der Waals surface area (Å²) in [6, 6.07) is 0.381. The van der Waals surface area contributed by atoms with Crippen LogP contribution in [0.25, 0.3) is 11.4 Å². The van der Waals surface area contributed by atoms with Crippen molar-refractivity contribution in [2.24, 2.45) is 7.05 Å². The van der Waals surface area contributed by atoms with Crippen LogP contribution in [0, 0.1) is 0 Å². The second-order valence-corrected chi connectivity index (χ2v) is 7.49. The second-order valence-electron chi connectivity index (χ2n) is 5.30. The van der Waals surface area contributed by atoms with Crippen LogP contribution < -0.4 is 0 Å². The second kappa shape index (κ2) is 4.94. The van der Waals surface area contributed by atoms with Gasteiger partial charge in [0.15, 0.2) is 20.6 Å². The van der Waals surface area contributed by atoms with Crippen molar-refractivity contribution in [3.8, 4) is 11.4 Å². The number of nitrogens with zero attached hydrogens (tertiary/aromatic N) is 4. The van der Waals surface area contributed by atoms with Gasteiger partial charge in [0.1, 0.15) is 5.82 Å². The van der Waals surface area contributed by atoms with Gasteiger partial charge >= 0.3 is 5.97 Å². The number of carboxylic acids is 1. The lowest BCUT2D eigenvalue weighted by atomic mass is 10.3. The first-order chi connectivity index (χ1) is 10.3. The van der Waals surface area contributed by atoms with E-state index in [2.05, 4.69) is 10.1 Å². The number of imidazole rings is 1. The standard InChI is InChI=1S/C13H16N4O4S/c1-3-22(20,21)12-10(13(18)19)15-11(16(12)2)8-6-14-17(7-8)9-4-5-9/h6-7,9H,3-5H2,1-2H3,(H,18,19). The zero-order chi connectivity index (χ0) is 16.1. The molecule has 2 aromatic rings. The van der Waals surface area contributed by atoms with Gasteiger partial charge in [-0.1, -0.05) is 6.92 Å². The summed E-state index contributed by atoms with van der Waals surface area (Å²) in [6.07, 6.45) is 5.48. The van der Waals surface area contributed by atoms with Gasteiger partial charge in [0, 0.05) is 13.2 Å². The Balaban J connectivity index is 2.16. The lowest BCUT2D eigenvalue weighted by Gasteiger charge is -2.05. The zero-order valence-corrected chi connectivity index (χ0v) is 13.0. The van der Waals surface area contributed by atoms with Crippen molar-refractivity contribution in [1.29, 1.82) is 0 Å². The van der Waals surface area contributed by atoms with Crippen LogP contribution in [0.5, 0.6) is 0 Å². The first-order valence-corrected chi connectivity index (χ1v) is 8.57. The fraction of sp³-hybridized carbons (Fsp3) is 0.462. The Morgan fingerprint density at radius 1 is 1.45 bits per heavy atom. The predicted molar refractivity (Wildman–Crippen MR) is 77.4 cm³/mol. The number of hydrogen-bond acceptors (Lipinski definition) is 5. The molecule has 0 atom stereocenters. The number of rotatable bonds is 5. The molecule has 1 aliphatic rings. The third-order valence-electron chi connectivity index (χ3n) is 3.70. The SMILES string of the molecule is CCS(=O)(=O)c1c(C(=O)O)nc(-c2cnn(C3CC3)c2)n1C. The number of aromatic nitrogens is 4. The number of hydrogen-bond donors (Lipinski definition) is 1. The van der Waals surface area contributed by atoms with Crippen LogP contribution in [0.15, 0.2) is 17.4 Å². The largest absolute Gasteiger partial charge is 0.476 e. The molecular weight excluding hydrogens is 308 g/mol. The summed E-state index contributed by atoms with van der Waals surface area (Å²) in [4.78, 5) is 15.4. The van der Waals surface area contributed by atoms with Gasteiger partial charge in [0.2, 0.25) is 0 Å². The van der Waals surface area contributed by atoms with E-state index in [9.17, 15) is 18.3 Å². The van der Waals surface area contributed by atoms with E-state index in [0.29, 0.717) is 11.6 Å². The fourth-order valence-electron chi connectivity index (χ4n) is 2.37. The van der Waals surface area contributed by atoms with Crippen LogP contribution in [0.4, 0.5) is 0 Å². The molecule has 0 saturated heterocycles. The summed E-state index contributed by atoms with van der Waals surface area (Å²) in [7, 11) is -2.19. The molecule has 1 saturated carbocycles. The summed E-state index contributed by atoms with van der Waals surface area (Å²) in [5, 5.41) is 13.2. The molecule has 0 aromatic carbocycles. The predicted octanol–water partition coefficient (Wildman–Crippen LogP) is 1.11. The molecule has 8 nitrogen and oxygen atoms in total. The van der Waals surface area contributed by atoms with Gasteiger partial charge in [0.25, 0.3) is 0 Å². The quantitative estimate of drug-likeness (QED) is 0.883. The summed E-state index contributed by atoms with van der Waals surface area (Å²) in [6.45, 7) is 1.47. The number of carboxylic acid groups (broad SMARTS) is 1. The highest BCUT2D eigenvalue weighted by Gasteiger charge is 2.30. The number of carbonyl (C=O) groups is 1. The molecule has 22 heavy (non-hydrogen) atoms. The highest BCUT2D eigenvalue weighted by atomic mass is 32.2. The van der Waals surface area contributed by atoms with E-state index >= 15 is 0 Å². The Morgan fingerprint density at radius 3 is 2.68 bits per heavy atom. The molecule has 0 spiro atoms. The Hall–Kier alpha value is -2.16. The van der Waals surface area contributed by atoms with E-state index in [1.54, 1.807) is 17.1 Å². The van der Waals surface area contributed by atoms with Crippen molar-refractivity contribution in [3.63, 3.8) is 0 Å². The van der Waals surface area contributed by atoms with Gasteiger partial charge in [-0.3, -0.25) is 4.68 Å². The van der Waals surface area contributed by atoms with E-state index in [4.69, 9.17) is 0 Å². The molecule has 0 unspecified atom stereocenters. The topological polar surface area (TPSA) is 107 Å². The van der Waals surface area contributed by atoms with Gasteiger partial charge in [-0.2, -0.15) is 5.10 Å². The molecule has 9 heteroatoms. The van der Waals surface area contributed by atoms with Crippen LogP contribution in [0.1, 0.15) is 36.3 Å². The van der Waals surface area contributed by atoms with Crippen molar-refractivity contribution in [3.05, 3.63) is 18.1 Å². The third-order valence-corrected chi connectivity index (χ3v) is 5.52. The van der Waals surface area contributed by atoms with E-state index in [-0.39, 0.29) is 16.6 Å².